The van der Waals surface area contributed by atoms with Crippen molar-refractivity contribution in [2.45, 2.75) is 71.1 Å². The second-order valence-electron chi connectivity index (χ2n) is 7.76. The van der Waals surface area contributed by atoms with E-state index >= 15 is 0 Å². The summed E-state index contributed by atoms with van der Waals surface area (Å²) in [7, 11) is 0. The zero-order valence-corrected chi connectivity index (χ0v) is 12.5. The molecule has 1 aliphatic carbocycles. The van der Waals surface area contributed by atoms with E-state index in [4.69, 9.17) is 14.2 Å². The highest BCUT2D eigenvalue weighted by atomic mass is 16.7. The highest BCUT2D eigenvalue weighted by Crippen LogP contribution is 2.59. The van der Waals surface area contributed by atoms with Gasteiger partial charge in [0.15, 0.2) is 11.6 Å². The third-order valence-electron chi connectivity index (χ3n) is 5.04. The van der Waals surface area contributed by atoms with Crippen LogP contribution in [0.4, 0.5) is 0 Å². The molecule has 4 nitrogen and oxygen atoms in total. The highest BCUT2D eigenvalue weighted by molar-refractivity contribution is 5.07. The Kier molecular flexibility index (Phi) is 2.86. The van der Waals surface area contributed by atoms with Crippen molar-refractivity contribution < 1.29 is 19.3 Å². The van der Waals surface area contributed by atoms with Crippen molar-refractivity contribution in [2.24, 2.45) is 10.8 Å². The van der Waals surface area contributed by atoms with Crippen molar-refractivity contribution in [2.75, 3.05) is 13.2 Å². The molecule has 0 aromatic heterocycles. The van der Waals surface area contributed by atoms with Crippen molar-refractivity contribution in [1.29, 1.82) is 0 Å². The van der Waals surface area contributed by atoms with Crippen LogP contribution in [0.5, 0.6) is 0 Å². The molecule has 4 heteroatoms. The predicted molar refractivity (Wildman–Crippen MR) is 70.5 cm³/mol. The molecule has 0 aromatic carbocycles. The van der Waals surface area contributed by atoms with E-state index in [2.05, 4.69) is 20.8 Å². The maximum atomic E-state index is 10.3. The number of aliphatic hydroxyl groups is 1. The van der Waals surface area contributed by atoms with Crippen molar-refractivity contribution in [3.05, 3.63) is 0 Å². The molecule has 1 saturated carbocycles. The maximum Gasteiger partial charge on any atom is 0.176 e. The summed E-state index contributed by atoms with van der Waals surface area (Å²) in [4.78, 5) is 0. The quantitative estimate of drug-likeness (QED) is 0.734. The van der Waals surface area contributed by atoms with Crippen molar-refractivity contribution >= 4 is 0 Å². The SMILES string of the molecule is CC1(C)COC2(CCC[C@H]3O[C@@](C)(O)C[C@]32C)OC1. The van der Waals surface area contributed by atoms with E-state index < -0.39 is 11.6 Å². The van der Waals surface area contributed by atoms with Crippen molar-refractivity contribution in [3.8, 4) is 0 Å². The van der Waals surface area contributed by atoms with Crippen LogP contribution in [-0.2, 0) is 14.2 Å². The van der Waals surface area contributed by atoms with Gasteiger partial charge in [0.2, 0.25) is 0 Å². The molecule has 0 bridgehead atoms. The summed E-state index contributed by atoms with van der Waals surface area (Å²) in [5.41, 5.74) is -0.193. The first-order valence-corrected chi connectivity index (χ1v) is 7.36. The lowest BCUT2D eigenvalue weighted by atomic mass is 9.66. The molecule has 2 aliphatic heterocycles. The van der Waals surface area contributed by atoms with Gasteiger partial charge in [0.1, 0.15) is 0 Å². The Morgan fingerprint density at radius 1 is 1.05 bits per heavy atom. The minimum atomic E-state index is -1.06. The number of ether oxygens (including phenoxy) is 3. The average Bonchev–Trinajstić information content (AvgIpc) is 2.53. The van der Waals surface area contributed by atoms with Gasteiger partial charge in [0.25, 0.3) is 0 Å². The van der Waals surface area contributed by atoms with Crippen LogP contribution in [0.25, 0.3) is 0 Å². The van der Waals surface area contributed by atoms with Crippen molar-refractivity contribution in [1.82, 2.24) is 0 Å². The third kappa shape index (κ3) is 2.04. The second kappa shape index (κ2) is 3.94. The molecule has 110 valence electrons. The number of rotatable bonds is 0. The molecule has 3 rings (SSSR count). The molecule has 3 atom stereocenters. The molecule has 2 saturated heterocycles. The molecule has 3 fully saturated rings. The van der Waals surface area contributed by atoms with E-state index in [-0.39, 0.29) is 16.9 Å². The van der Waals surface area contributed by atoms with Crippen molar-refractivity contribution in [3.63, 3.8) is 0 Å². The maximum absolute atomic E-state index is 10.3. The van der Waals surface area contributed by atoms with Crippen LogP contribution in [-0.4, -0.2) is 36.0 Å². The van der Waals surface area contributed by atoms with Gasteiger partial charge >= 0.3 is 0 Å². The van der Waals surface area contributed by atoms with E-state index in [9.17, 15) is 5.11 Å². The number of hydrogen-bond donors (Lipinski definition) is 1. The molecular weight excluding hydrogens is 244 g/mol. The van der Waals surface area contributed by atoms with Gasteiger partial charge in [-0.05, 0) is 19.8 Å². The summed E-state index contributed by atoms with van der Waals surface area (Å²) in [5, 5.41) is 10.3. The fourth-order valence-electron chi connectivity index (χ4n) is 4.02. The molecular formula is C15H26O4. The fraction of sp³-hybridized carbons (Fsp3) is 1.00. The monoisotopic (exact) mass is 270 g/mol. The standard InChI is InChI=1S/C15H26O4/c1-12(2)9-17-15(18-10-12)7-5-6-11-13(15,3)8-14(4,16)19-11/h11,16H,5-10H2,1-4H3/t11-,13-,14-/m1/s1. The number of fused-ring (bicyclic) bond motifs is 2. The summed E-state index contributed by atoms with van der Waals surface area (Å²) in [6.45, 7) is 9.62. The van der Waals surface area contributed by atoms with Crippen LogP contribution in [0.2, 0.25) is 0 Å². The van der Waals surface area contributed by atoms with Crippen LogP contribution >= 0.6 is 0 Å². The largest absolute Gasteiger partial charge is 0.366 e. The van der Waals surface area contributed by atoms with Gasteiger partial charge in [-0.25, -0.2) is 0 Å². The Labute approximate surface area is 115 Å². The fourth-order valence-corrected chi connectivity index (χ4v) is 4.02. The third-order valence-corrected chi connectivity index (χ3v) is 5.04. The molecule has 0 amide bonds. The normalized spacial score (nSPS) is 48.2. The van der Waals surface area contributed by atoms with Gasteiger partial charge < -0.3 is 19.3 Å². The zero-order valence-electron chi connectivity index (χ0n) is 12.5. The van der Waals surface area contributed by atoms with Gasteiger partial charge in [-0.15, -0.1) is 0 Å². The lowest BCUT2D eigenvalue weighted by molar-refractivity contribution is -0.362. The number of hydrogen-bond acceptors (Lipinski definition) is 4. The van der Waals surface area contributed by atoms with Crippen LogP contribution in [0.1, 0.15) is 53.4 Å². The topological polar surface area (TPSA) is 47.9 Å². The summed E-state index contributed by atoms with van der Waals surface area (Å²) in [5.74, 6) is -1.64. The van der Waals surface area contributed by atoms with Crippen LogP contribution in [0, 0.1) is 10.8 Å². The van der Waals surface area contributed by atoms with E-state index in [0.29, 0.717) is 19.6 Å². The molecule has 0 radical (unpaired) electrons. The Balaban J connectivity index is 1.89. The first-order chi connectivity index (χ1) is 8.68. The minimum Gasteiger partial charge on any atom is -0.366 e. The zero-order chi connectivity index (χ0) is 13.9. The van der Waals surface area contributed by atoms with Gasteiger partial charge in [-0.2, -0.15) is 0 Å². The Morgan fingerprint density at radius 2 is 1.68 bits per heavy atom. The summed E-state index contributed by atoms with van der Waals surface area (Å²) in [6.07, 6.45) is 3.50. The molecule has 0 unspecified atom stereocenters. The van der Waals surface area contributed by atoms with Gasteiger partial charge in [-0.1, -0.05) is 20.8 Å². The second-order valence-corrected chi connectivity index (χ2v) is 7.76. The Hall–Kier alpha value is -0.160. The Bertz CT molecular complexity index is 366. The first kappa shape index (κ1) is 13.8. The summed E-state index contributed by atoms with van der Waals surface area (Å²) in [6, 6.07) is 0. The van der Waals surface area contributed by atoms with Gasteiger partial charge in [-0.3, -0.25) is 0 Å². The summed E-state index contributed by atoms with van der Waals surface area (Å²) < 4.78 is 18.3. The lowest BCUT2D eigenvalue weighted by Gasteiger charge is -2.55. The van der Waals surface area contributed by atoms with E-state index in [1.165, 1.54) is 0 Å². The molecule has 0 aromatic rings. The van der Waals surface area contributed by atoms with Gasteiger partial charge in [0.05, 0.1) is 24.7 Å². The first-order valence-electron chi connectivity index (χ1n) is 7.36. The summed E-state index contributed by atoms with van der Waals surface area (Å²) >= 11 is 0. The van der Waals surface area contributed by atoms with E-state index in [1.54, 1.807) is 6.92 Å². The highest BCUT2D eigenvalue weighted by Gasteiger charge is 2.65. The average molecular weight is 270 g/mol. The Morgan fingerprint density at radius 3 is 2.32 bits per heavy atom. The van der Waals surface area contributed by atoms with E-state index in [0.717, 1.165) is 19.3 Å². The minimum absolute atomic E-state index is 0.0254. The van der Waals surface area contributed by atoms with Gasteiger partial charge in [0, 0.05) is 18.3 Å². The predicted octanol–water partition coefficient (Wildman–Crippen LogP) is 2.44. The molecule has 2 heterocycles. The van der Waals surface area contributed by atoms with E-state index in [1.807, 2.05) is 0 Å². The lowest BCUT2D eigenvalue weighted by Crippen LogP contribution is -2.61. The molecule has 1 spiro atoms. The smallest absolute Gasteiger partial charge is 0.176 e. The molecule has 19 heavy (non-hydrogen) atoms. The molecule has 3 aliphatic rings. The van der Waals surface area contributed by atoms with Crippen LogP contribution < -0.4 is 0 Å². The van der Waals surface area contributed by atoms with Crippen LogP contribution in [0.15, 0.2) is 0 Å². The molecule has 1 N–H and O–H groups in total. The van der Waals surface area contributed by atoms with Crippen LogP contribution in [0.3, 0.4) is 0 Å².